The number of aliphatic hydroxyl groups excluding tert-OH is 1. The van der Waals surface area contributed by atoms with Crippen molar-refractivity contribution in [3.8, 4) is 17.3 Å². The van der Waals surface area contributed by atoms with Crippen LogP contribution in [0.25, 0.3) is 11.5 Å². The zero-order valence-corrected chi connectivity index (χ0v) is 18.8. The zero-order chi connectivity index (χ0) is 24.9. The molecule has 2 aromatic heterocycles. The Hall–Kier alpha value is -4.33. The number of nitrogens with one attached hydrogen (secondary N) is 1. The Morgan fingerprint density at radius 3 is 2.86 bits per heavy atom. The lowest BCUT2D eigenvalue weighted by Gasteiger charge is -2.24. The fourth-order valence-electron chi connectivity index (χ4n) is 3.20. The van der Waals surface area contributed by atoms with E-state index in [-0.39, 0.29) is 49.3 Å². The average molecular weight is 487 g/mol. The minimum Gasteiger partial charge on any atom is -0.494 e. The van der Waals surface area contributed by atoms with Crippen molar-refractivity contribution in [2.24, 2.45) is 0 Å². The van der Waals surface area contributed by atoms with E-state index in [1.807, 2.05) is 0 Å². The normalized spacial score (nSPS) is 15.4. The largest absolute Gasteiger partial charge is 0.494 e. The first-order valence-corrected chi connectivity index (χ1v) is 10.4. The summed E-state index contributed by atoms with van der Waals surface area (Å²) in [6.07, 6.45) is -0.432. The average Bonchev–Trinajstić information content (AvgIpc) is 3.31. The Morgan fingerprint density at radius 2 is 2.14 bits per heavy atom. The molecule has 1 aliphatic rings. The summed E-state index contributed by atoms with van der Waals surface area (Å²) in [5, 5.41) is 33.0. The maximum absolute atomic E-state index is 13.6. The van der Waals surface area contributed by atoms with Crippen molar-refractivity contribution in [3.05, 3.63) is 58.9 Å². The quantitative estimate of drug-likeness (QED) is 0.410. The molecule has 3 aromatic rings. The molecule has 1 saturated heterocycles. The van der Waals surface area contributed by atoms with Crippen molar-refractivity contribution in [1.82, 2.24) is 35.5 Å². The van der Waals surface area contributed by atoms with Crippen molar-refractivity contribution < 1.29 is 33.6 Å². The summed E-state index contributed by atoms with van der Waals surface area (Å²) in [5.41, 5.74) is 1.05. The summed E-state index contributed by atoms with van der Waals surface area (Å²) in [6, 6.07) is 5.75. The van der Waals surface area contributed by atoms with E-state index >= 15 is 0 Å². The van der Waals surface area contributed by atoms with Crippen LogP contribution in [0.2, 0.25) is 0 Å². The summed E-state index contributed by atoms with van der Waals surface area (Å²) in [4.78, 5) is 22.4. The minimum absolute atomic E-state index is 0.0469. The van der Waals surface area contributed by atoms with E-state index in [1.54, 1.807) is 13.0 Å². The molecule has 0 spiro atoms. The van der Waals surface area contributed by atoms with Crippen LogP contribution in [0, 0.1) is 12.7 Å². The molecule has 35 heavy (non-hydrogen) atoms. The number of hydrogen-bond donors (Lipinski definition) is 3. The number of aryl methyl sites for hydroxylation is 1. The predicted molar refractivity (Wildman–Crippen MR) is 116 cm³/mol. The molecule has 1 fully saturated rings. The number of tetrazole rings is 1. The number of halogens is 1. The molecule has 0 radical (unpaired) electrons. The molecule has 1 aliphatic heterocycles. The lowest BCUT2D eigenvalue weighted by molar-refractivity contribution is -0.0707. The molecular formula is C21H22FN7O6. The van der Waals surface area contributed by atoms with E-state index in [0.717, 1.165) is 0 Å². The minimum atomic E-state index is -0.916. The molecule has 3 N–H and O–H groups in total. The summed E-state index contributed by atoms with van der Waals surface area (Å²) >= 11 is 0. The van der Waals surface area contributed by atoms with Gasteiger partial charge in [0.05, 0.1) is 13.7 Å². The highest BCUT2D eigenvalue weighted by molar-refractivity contribution is 5.93. The molecule has 1 atom stereocenters. The number of carbonyl (C=O) groups is 1. The van der Waals surface area contributed by atoms with Crippen LogP contribution in [0.1, 0.15) is 21.9 Å². The van der Waals surface area contributed by atoms with E-state index in [9.17, 15) is 9.18 Å². The van der Waals surface area contributed by atoms with Crippen molar-refractivity contribution in [2.45, 2.75) is 26.1 Å². The van der Waals surface area contributed by atoms with Gasteiger partial charge in [-0.05, 0) is 35.9 Å². The lowest BCUT2D eigenvalue weighted by Crippen LogP contribution is -2.32. The van der Waals surface area contributed by atoms with E-state index in [1.165, 1.54) is 30.1 Å². The molecule has 4 rings (SSSR count). The second-order valence-corrected chi connectivity index (χ2v) is 7.50. The van der Waals surface area contributed by atoms with Crippen LogP contribution < -0.4 is 10.1 Å². The summed E-state index contributed by atoms with van der Waals surface area (Å²) in [6.45, 7) is 1.95. The van der Waals surface area contributed by atoms with Gasteiger partial charge in [-0.15, -0.1) is 10.2 Å². The van der Waals surface area contributed by atoms with Crippen LogP contribution in [0.4, 0.5) is 4.39 Å². The Bertz CT molecular complexity index is 1250. The van der Waals surface area contributed by atoms with Gasteiger partial charge in [0.15, 0.2) is 11.6 Å². The van der Waals surface area contributed by atoms with Crippen LogP contribution in [-0.2, 0) is 22.6 Å². The molecule has 0 aliphatic carbocycles. The number of aromatic nitrogens is 6. The molecule has 14 heteroatoms. The van der Waals surface area contributed by atoms with Gasteiger partial charge in [-0.25, -0.2) is 14.4 Å². The molecule has 184 valence electrons. The van der Waals surface area contributed by atoms with Crippen molar-refractivity contribution in [2.75, 3.05) is 20.3 Å². The van der Waals surface area contributed by atoms with Gasteiger partial charge in [0.1, 0.15) is 36.5 Å². The van der Waals surface area contributed by atoms with Crippen LogP contribution in [0.15, 0.2) is 36.0 Å². The molecule has 0 saturated carbocycles. The van der Waals surface area contributed by atoms with E-state index in [0.29, 0.717) is 17.1 Å². The van der Waals surface area contributed by atoms with E-state index in [2.05, 4.69) is 30.7 Å². The van der Waals surface area contributed by atoms with E-state index in [4.69, 9.17) is 24.4 Å². The maximum atomic E-state index is 13.6. The SMILES string of the molecule is COc1cc(CNC(=O)c2cc(-c3nnn(C[C@H]4COC(=C(O)O)CO4)n3)nc(C)n2)ccc1F. The molecule has 3 heterocycles. The fourth-order valence-corrected chi connectivity index (χ4v) is 3.20. The van der Waals surface area contributed by atoms with Gasteiger partial charge < -0.3 is 29.7 Å². The van der Waals surface area contributed by atoms with Crippen LogP contribution in [0.5, 0.6) is 5.75 Å². The van der Waals surface area contributed by atoms with Crippen LogP contribution >= 0.6 is 0 Å². The van der Waals surface area contributed by atoms with Crippen molar-refractivity contribution >= 4 is 5.91 Å². The number of ether oxygens (including phenoxy) is 3. The number of carbonyl (C=O) groups excluding carboxylic acids is 1. The fraction of sp³-hybridized carbons (Fsp3) is 0.333. The van der Waals surface area contributed by atoms with Crippen molar-refractivity contribution in [3.63, 3.8) is 0 Å². The molecular weight excluding hydrogens is 465 g/mol. The van der Waals surface area contributed by atoms with E-state index < -0.39 is 23.8 Å². The summed E-state index contributed by atoms with van der Waals surface area (Å²) in [7, 11) is 1.36. The molecule has 1 amide bonds. The van der Waals surface area contributed by atoms with Gasteiger partial charge in [0.25, 0.3) is 5.91 Å². The molecule has 13 nitrogen and oxygen atoms in total. The number of amides is 1. The second-order valence-electron chi connectivity index (χ2n) is 7.50. The molecule has 1 aromatic carbocycles. The zero-order valence-electron chi connectivity index (χ0n) is 18.8. The first kappa shape index (κ1) is 23.8. The number of nitrogens with zero attached hydrogens (tertiary/aromatic N) is 6. The third-order valence-electron chi connectivity index (χ3n) is 4.93. The monoisotopic (exact) mass is 487 g/mol. The molecule has 0 bridgehead atoms. The number of hydrogen-bond acceptors (Lipinski definition) is 11. The maximum Gasteiger partial charge on any atom is 0.316 e. The van der Waals surface area contributed by atoms with Gasteiger partial charge in [-0.2, -0.15) is 4.80 Å². The summed E-state index contributed by atoms with van der Waals surface area (Å²) < 4.78 is 29.2. The smallest absolute Gasteiger partial charge is 0.316 e. The second kappa shape index (κ2) is 10.3. The number of aliphatic hydroxyl groups is 2. The Balaban J connectivity index is 1.41. The van der Waals surface area contributed by atoms with Gasteiger partial charge in [-0.3, -0.25) is 4.79 Å². The first-order valence-electron chi connectivity index (χ1n) is 10.4. The summed E-state index contributed by atoms with van der Waals surface area (Å²) in [5.74, 6) is -1.32. The third-order valence-corrected chi connectivity index (χ3v) is 4.93. The Kier molecular flexibility index (Phi) is 7.01. The highest BCUT2D eigenvalue weighted by Gasteiger charge is 2.23. The first-order chi connectivity index (χ1) is 16.8. The number of rotatable bonds is 7. The standard InChI is InChI=1S/C21H22FN7O6/c1-11-24-15(19-26-28-29(27-19)8-13-9-35-18(10-34-13)21(31)32)6-16(25-11)20(30)23-7-12-3-4-14(22)17(5-12)33-2/h3-6,13,31-32H,7-10H2,1-2H3,(H,23,30)/t13-/m0/s1. The Morgan fingerprint density at radius 1 is 1.31 bits per heavy atom. The third kappa shape index (κ3) is 5.78. The highest BCUT2D eigenvalue weighted by atomic mass is 19.1. The topological polar surface area (TPSA) is 167 Å². The molecule has 0 unspecified atom stereocenters. The Labute approximate surface area is 198 Å². The van der Waals surface area contributed by atoms with Gasteiger partial charge >= 0.3 is 5.95 Å². The number of methoxy groups -OCH3 is 1. The van der Waals surface area contributed by atoms with Gasteiger partial charge in [0.2, 0.25) is 11.6 Å². The van der Waals surface area contributed by atoms with Crippen LogP contribution in [-0.4, -0.2) is 72.7 Å². The predicted octanol–water partition coefficient (Wildman–Crippen LogP) is 1.22. The highest BCUT2D eigenvalue weighted by Crippen LogP contribution is 2.19. The van der Waals surface area contributed by atoms with Crippen molar-refractivity contribution in [1.29, 1.82) is 0 Å². The van der Waals surface area contributed by atoms with Crippen LogP contribution in [0.3, 0.4) is 0 Å². The number of benzene rings is 1. The van der Waals surface area contributed by atoms with Gasteiger partial charge in [-0.1, -0.05) is 6.07 Å². The lowest BCUT2D eigenvalue weighted by atomic mass is 10.2. The van der Waals surface area contributed by atoms with Gasteiger partial charge in [0, 0.05) is 6.54 Å².